The molecule has 1 amide bonds. The number of fused-ring (bicyclic) bond motifs is 1. The molecule has 2 heterocycles. The molecule has 3 aromatic rings. The minimum atomic E-state index is -0.165. The molecule has 1 aromatic carbocycles. The van der Waals surface area contributed by atoms with E-state index in [0.717, 1.165) is 11.3 Å². The third kappa shape index (κ3) is 2.90. The number of hydrogen-bond donors (Lipinski definition) is 1. The molecule has 0 aliphatic carbocycles. The van der Waals surface area contributed by atoms with Gasteiger partial charge in [-0.05, 0) is 24.3 Å². The van der Waals surface area contributed by atoms with E-state index in [4.69, 9.17) is 11.6 Å². The van der Waals surface area contributed by atoms with Crippen LogP contribution in [0.2, 0.25) is 5.02 Å². The second-order valence-corrected chi connectivity index (χ2v) is 5.06. The van der Waals surface area contributed by atoms with Crippen molar-refractivity contribution in [3.8, 4) is 0 Å². The summed E-state index contributed by atoms with van der Waals surface area (Å²) in [6, 6.07) is 12.9. The molecule has 0 radical (unpaired) electrons. The summed E-state index contributed by atoms with van der Waals surface area (Å²) in [6.45, 7) is 0.512. The van der Waals surface area contributed by atoms with Crippen LogP contribution < -0.4 is 5.32 Å². The molecule has 0 aliphatic heterocycles. The summed E-state index contributed by atoms with van der Waals surface area (Å²) in [6.07, 6.45) is 4.45. The topological polar surface area (TPSA) is 46.4 Å². The molecule has 0 fully saturated rings. The number of amides is 1. The van der Waals surface area contributed by atoms with Crippen LogP contribution in [0.25, 0.3) is 5.52 Å². The minimum absolute atomic E-state index is 0.165. The third-order valence-corrected chi connectivity index (χ3v) is 3.60. The Morgan fingerprint density at radius 1 is 1.19 bits per heavy atom. The van der Waals surface area contributed by atoms with Crippen LogP contribution in [0.15, 0.2) is 54.9 Å². The van der Waals surface area contributed by atoms with Crippen molar-refractivity contribution in [3.63, 3.8) is 0 Å². The molecule has 0 bridgehead atoms. The summed E-state index contributed by atoms with van der Waals surface area (Å²) < 4.78 is 2.02. The Morgan fingerprint density at radius 2 is 2.00 bits per heavy atom. The van der Waals surface area contributed by atoms with Gasteiger partial charge >= 0.3 is 0 Å². The summed E-state index contributed by atoms with van der Waals surface area (Å²) in [7, 11) is 0. The van der Waals surface area contributed by atoms with E-state index in [1.165, 1.54) is 0 Å². The molecule has 0 atom stereocenters. The number of carbonyl (C=O) groups is 1. The molecule has 4 nitrogen and oxygen atoms in total. The average molecular weight is 300 g/mol. The zero-order valence-electron chi connectivity index (χ0n) is 11.3. The van der Waals surface area contributed by atoms with Crippen LogP contribution in [-0.2, 0) is 6.42 Å². The van der Waals surface area contributed by atoms with Crippen LogP contribution in [0, 0.1) is 0 Å². The highest BCUT2D eigenvalue weighted by molar-refractivity contribution is 6.33. The summed E-state index contributed by atoms with van der Waals surface area (Å²) >= 11 is 6.00. The normalized spacial score (nSPS) is 10.7. The predicted molar refractivity (Wildman–Crippen MR) is 82.7 cm³/mol. The Hall–Kier alpha value is -2.33. The predicted octanol–water partition coefficient (Wildman–Crippen LogP) is 2.96. The Bertz CT molecular complexity index is 782. The first-order chi connectivity index (χ1) is 10.3. The molecular weight excluding hydrogens is 286 g/mol. The van der Waals surface area contributed by atoms with E-state index in [1.807, 2.05) is 35.0 Å². The number of aromatic nitrogens is 2. The van der Waals surface area contributed by atoms with Gasteiger partial charge in [0.05, 0.1) is 22.3 Å². The van der Waals surface area contributed by atoms with Gasteiger partial charge < -0.3 is 9.72 Å². The van der Waals surface area contributed by atoms with Crippen molar-refractivity contribution in [3.05, 3.63) is 71.3 Å². The molecular formula is C16H14ClN3O. The number of hydrogen-bond acceptors (Lipinski definition) is 2. The SMILES string of the molecule is O=C(NCCc1ncc2ccccn12)c1ccccc1Cl. The second kappa shape index (κ2) is 5.97. The number of nitrogens with one attached hydrogen (secondary N) is 1. The van der Waals surface area contributed by atoms with Gasteiger partial charge in [-0.25, -0.2) is 4.98 Å². The first-order valence-electron chi connectivity index (χ1n) is 6.69. The Labute approximate surface area is 127 Å². The maximum atomic E-state index is 12.0. The van der Waals surface area contributed by atoms with Gasteiger partial charge in [0.1, 0.15) is 5.82 Å². The van der Waals surface area contributed by atoms with Crippen molar-refractivity contribution in [2.45, 2.75) is 6.42 Å². The van der Waals surface area contributed by atoms with Crippen molar-refractivity contribution in [2.24, 2.45) is 0 Å². The fraction of sp³-hybridized carbons (Fsp3) is 0.125. The van der Waals surface area contributed by atoms with Crippen LogP contribution >= 0.6 is 11.6 Å². The van der Waals surface area contributed by atoms with Gasteiger partial charge in [-0.1, -0.05) is 29.8 Å². The van der Waals surface area contributed by atoms with Crippen LogP contribution in [0.4, 0.5) is 0 Å². The van der Waals surface area contributed by atoms with E-state index in [9.17, 15) is 4.79 Å². The van der Waals surface area contributed by atoms with E-state index in [0.29, 0.717) is 23.6 Å². The monoisotopic (exact) mass is 299 g/mol. The second-order valence-electron chi connectivity index (χ2n) is 4.66. The lowest BCUT2D eigenvalue weighted by Crippen LogP contribution is -2.26. The first kappa shape index (κ1) is 13.6. The van der Waals surface area contributed by atoms with Crippen molar-refractivity contribution >= 4 is 23.0 Å². The molecule has 2 aromatic heterocycles. The van der Waals surface area contributed by atoms with Crippen molar-refractivity contribution in [1.82, 2.24) is 14.7 Å². The van der Waals surface area contributed by atoms with Gasteiger partial charge in [0, 0.05) is 19.2 Å². The molecule has 106 valence electrons. The highest BCUT2D eigenvalue weighted by Gasteiger charge is 2.09. The van der Waals surface area contributed by atoms with Crippen LogP contribution in [-0.4, -0.2) is 21.8 Å². The van der Waals surface area contributed by atoms with E-state index in [-0.39, 0.29) is 5.91 Å². The number of pyridine rings is 1. The van der Waals surface area contributed by atoms with Gasteiger partial charge in [0.25, 0.3) is 5.91 Å². The standard InChI is InChI=1S/C16H14ClN3O/c17-14-7-2-1-6-13(14)16(21)18-9-8-15-19-11-12-5-3-4-10-20(12)15/h1-7,10-11H,8-9H2,(H,18,21). The van der Waals surface area contributed by atoms with E-state index in [2.05, 4.69) is 10.3 Å². The third-order valence-electron chi connectivity index (χ3n) is 3.27. The molecule has 21 heavy (non-hydrogen) atoms. The average Bonchev–Trinajstić information content (AvgIpc) is 2.91. The van der Waals surface area contributed by atoms with Crippen LogP contribution in [0.3, 0.4) is 0 Å². The van der Waals surface area contributed by atoms with Gasteiger partial charge in [0.2, 0.25) is 0 Å². The number of rotatable bonds is 4. The maximum absolute atomic E-state index is 12.0. The maximum Gasteiger partial charge on any atom is 0.252 e. The lowest BCUT2D eigenvalue weighted by molar-refractivity contribution is 0.0954. The fourth-order valence-corrected chi connectivity index (χ4v) is 2.43. The number of nitrogens with zero attached hydrogens (tertiary/aromatic N) is 2. The Balaban J connectivity index is 1.64. The molecule has 0 saturated carbocycles. The first-order valence-corrected chi connectivity index (χ1v) is 7.07. The Morgan fingerprint density at radius 3 is 2.86 bits per heavy atom. The number of halogens is 1. The van der Waals surface area contributed by atoms with Crippen molar-refractivity contribution in [1.29, 1.82) is 0 Å². The summed E-state index contributed by atoms with van der Waals surface area (Å²) in [4.78, 5) is 16.4. The number of carbonyl (C=O) groups excluding carboxylic acids is 1. The molecule has 0 saturated heterocycles. The molecule has 0 aliphatic rings. The number of imidazole rings is 1. The largest absolute Gasteiger partial charge is 0.352 e. The Kier molecular flexibility index (Phi) is 3.88. The molecule has 3 rings (SSSR count). The lowest BCUT2D eigenvalue weighted by atomic mass is 10.2. The summed E-state index contributed by atoms with van der Waals surface area (Å²) in [5, 5.41) is 3.33. The van der Waals surface area contributed by atoms with Crippen LogP contribution in [0.1, 0.15) is 16.2 Å². The molecule has 0 spiro atoms. The fourth-order valence-electron chi connectivity index (χ4n) is 2.21. The van der Waals surface area contributed by atoms with Crippen molar-refractivity contribution in [2.75, 3.05) is 6.54 Å². The lowest BCUT2D eigenvalue weighted by Gasteiger charge is -2.06. The van der Waals surface area contributed by atoms with Crippen LogP contribution in [0.5, 0.6) is 0 Å². The van der Waals surface area contributed by atoms with Gasteiger partial charge in [-0.2, -0.15) is 0 Å². The molecule has 5 heteroatoms. The van der Waals surface area contributed by atoms with Gasteiger partial charge in [0.15, 0.2) is 0 Å². The zero-order chi connectivity index (χ0) is 14.7. The van der Waals surface area contributed by atoms with E-state index >= 15 is 0 Å². The van der Waals surface area contributed by atoms with E-state index < -0.39 is 0 Å². The molecule has 0 unspecified atom stereocenters. The minimum Gasteiger partial charge on any atom is -0.352 e. The number of benzene rings is 1. The summed E-state index contributed by atoms with van der Waals surface area (Å²) in [5.74, 6) is 0.756. The highest BCUT2D eigenvalue weighted by atomic mass is 35.5. The molecule has 1 N–H and O–H groups in total. The summed E-state index contributed by atoms with van der Waals surface area (Å²) in [5.41, 5.74) is 1.54. The highest BCUT2D eigenvalue weighted by Crippen LogP contribution is 2.14. The van der Waals surface area contributed by atoms with Gasteiger partial charge in [-0.15, -0.1) is 0 Å². The smallest absolute Gasteiger partial charge is 0.252 e. The quantitative estimate of drug-likeness (QED) is 0.805. The van der Waals surface area contributed by atoms with Gasteiger partial charge in [-0.3, -0.25) is 4.79 Å². The van der Waals surface area contributed by atoms with Crippen molar-refractivity contribution < 1.29 is 4.79 Å². The van der Waals surface area contributed by atoms with E-state index in [1.54, 1.807) is 24.3 Å². The zero-order valence-corrected chi connectivity index (χ0v) is 12.0.